The van der Waals surface area contributed by atoms with Gasteiger partial charge in [0.1, 0.15) is 0 Å². The summed E-state index contributed by atoms with van der Waals surface area (Å²) in [6.07, 6.45) is -4.35. The number of alkyl halides is 3. The van der Waals surface area contributed by atoms with Crippen LogP contribution < -0.4 is 5.32 Å². The number of hydrogen-bond donors (Lipinski definition) is 1. The molecule has 1 aromatic carbocycles. The van der Waals surface area contributed by atoms with Gasteiger partial charge >= 0.3 is 6.18 Å². The molecular weight excluding hydrogens is 359 g/mol. The van der Waals surface area contributed by atoms with Crippen LogP contribution in [0.4, 0.5) is 24.8 Å². The van der Waals surface area contributed by atoms with E-state index in [9.17, 15) is 13.2 Å². The van der Waals surface area contributed by atoms with Crippen LogP contribution in [0.25, 0.3) is 5.65 Å². The van der Waals surface area contributed by atoms with Crippen molar-refractivity contribution < 1.29 is 17.9 Å². The molecule has 1 aliphatic rings. The Morgan fingerprint density at radius 2 is 1.78 bits per heavy atom. The molecule has 0 atom stereocenters. The molecule has 0 aliphatic carbocycles. The minimum Gasteiger partial charge on any atom is -0.379 e. The number of nitrogens with one attached hydrogen (secondary N) is 1. The molecule has 2 aromatic heterocycles. The molecular formula is C18H18F3N5O. The van der Waals surface area contributed by atoms with E-state index < -0.39 is 11.7 Å². The first-order valence-corrected chi connectivity index (χ1v) is 8.58. The second-order valence-corrected chi connectivity index (χ2v) is 6.31. The maximum atomic E-state index is 12.7. The van der Waals surface area contributed by atoms with E-state index >= 15 is 0 Å². The van der Waals surface area contributed by atoms with E-state index in [1.807, 2.05) is 18.2 Å². The molecule has 0 bridgehead atoms. The molecule has 9 heteroatoms. The summed E-state index contributed by atoms with van der Waals surface area (Å²) in [6.45, 7) is 3.88. The van der Waals surface area contributed by atoms with E-state index in [-0.39, 0.29) is 0 Å². The highest BCUT2D eigenvalue weighted by atomic mass is 19.4. The number of aromatic nitrogens is 3. The van der Waals surface area contributed by atoms with E-state index in [1.54, 1.807) is 4.52 Å². The smallest absolute Gasteiger partial charge is 0.379 e. The van der Waals surface area contributed by atoms with Crippen LogP contribution in [0.15, 0.2) is 42.5 Å². The van der Waals surface area contributed by atoms with Crippen molar-refractivity contribution in [3.8, 4) is 0 Å². The molecule has 4 rings (SSSR count). The number of rotatable bonds is 4. The quantitative estimate of drug-likeness (QED) is 0.756. The monoisotopic (exact) mass is 377 g/mol. The van der Waals surface area contributed by atoms with Crippen LogP contribution >= 0.6 is 0 Å². The second-order valence-electron chi connectivity index (χ2n) is 6.31. The van der Waals surface area contributed by atoms with E-state index in [2.05, 4.69) is 20.3 Å². The Morgan fingerprint density at radius 1 is 1.04 bits per heavy atom. The first-order chi connectivity index (χ1) is 13.0. The van der Waals surface area contributed by atoms with Gasteiger partial charge in [0.15, 0.2) is 5.65 Å². The van der Waals surface area contributed by atoms with Crippen molar-refractivity contribution in [1.82, 2.24) is 19.5 Å². The molecule has 27 heavy (non-hydrogen) atoms. The SMILES string of the molecule is FC(F)(F)c1ccc(Nc2nc3cccc(CN4CCOCC4)n3n2)cc1. The molecule has 1 fully saturated rings. The van der Waals surface area contributed by atoms with Gasteiger partial charge in [-0.1, -0.05) is 6.07 Å². The third-order valence-electron chi connectivity index (χ3n) is 4.40. The highest BCUT2D eigenvalue weighted by Crippen LogP contribution is 2.30. The third-order valence-corrected chi connectivity index (χ3v) is 4.40. The molecule has 1 aliphatic heterocycles. The fourth-order valence-electron chi connectivity index (χ4n) is 2.99. The van der Waals surface area contributed by atoms with Gasteiger partial charge in [0.2, 0.25) is 5.95 Å². The summed E-state index contributed by atoms with van der Waals surface area (Å²) in [7, 11) is 0. The molecule has 0 spiro atoms. The highest BCUT2D eigenvalue weighted by Gasteiger charge is 2.30. The van der Waals surface area contributed by atoms with Gasteiger partial charge in [0, 0.05) is 25.3 Å². The Bertz CT molecular complexity index is 917. The highest BCUT2D eigenvalue weighted by molar-refractivity contribution is 5.56. The minimum absolute atomic E-state index is 0.337. The lowest BCUT2D eigenvalue weighted by Crippen LogP contribution is -2.36. The van der Waals surface area contributed by atoms with Crippen molar-refractivity contribution in [2.75, 3.05) is 31.6 Å². The lowest BCUT2D eigenvalue weighted by atomic mass is 10.2. The molecule has 3 aromatic rings. The molecule has 1 N–H and O–H groups in total. The molecule has 6 nitrogen and oxygen atoms in total. The number of pyridine rings is 1. The maximum Gasteiger partial charge on any atom is 0.416 e. The van der Waals surface area contributed by atoms with Crippen LogP contribution in [0.2, 0.25) is 0 Å². The Hall–Kier alpha value is -2.65. The minimum atomic E-state index is -4.35. The molecule has 0 unspecified atom stereocenters. The average Bonchev–Trinajstić information content (AvgIpc) is 3.06. The Balaban J connectivity index is 1.53. The maximum absolute atomic E-state index is 12.7. The number of morpholine rings is 1. The summed E-state index contributed by atoms with van der Waals surface area (Å²) >= 11 is 0. The van der Waals surface area contributed by atoms with Gasteiger partial charge in [-0.2, -0.15) is 18.2 Å². The van der Waals surface area contributed by atoms with Crippen LogP contribution in [0, 0.1) is 0 Å². The van der Waals surface area contributed by atoms with Crippen molar-refractivity contribution in [3.63, 3.8) is 0 Å². The summed E-state index contributed by atoms with van der Waals surface area (Å²) < 4.78 is 45.1. The first kappa shape index (κ1) is 17.7. The molecule has 0 amide bonds. The molecule has 3 heterocycles. The average molecular weight is 377 g/mol. The van der Waals surface area contributed by atoms with Gasteiger partial charge in [-0.25, -0.2) is 4.52 Å². The Kier molecular flexibility index (Phi) is 4.71. The van der Waals surface area contributed by atoms with Crippen molar-refractivity contribution in [3.05, 3.63) is 53.7 Å². The standard InChI is InChI=1S/C18H18F3N5O/c19-18(20,21)13-4-6-14(7-5-13)22-17-23-16-3-1-2-15(26(16)24-17)12-25-8-10-27-11-9-25/h1-7H,8-12H2,(H,22,24). The number of fused-ring (bicyclic) bond motifs is 1. The largest absolute Gasteiger partial charge is 0.416 e. The molecule has 1 saturated heterocycles. The van der Waals surface area contributed by atoms with E-state index in [0.717, 1.165) is 37.5 Å². The van der Waals surface area contributed by atoms with Gasteiger partial charge < -0.3 is 10.1 Å². The number of anilines is 2. The zero-order valence-electron chi connectivity index (χ0n) is 14.4. The number of hydrogen-bond acceptors (Lipinski definition) is 5. The zero-order chi connectivity index (χ0) is 18.9. The first-order valence-electron chi connectivity index (χ1n) is 8.58. The summed E-state index contributed by atoms with van der Waals surface area (Å²) in [5, 5.41) is 7.42. The van der Waals surface area contributed by atoms with E-state index in [0.29, 0.717) is 30.5 Å². The van der Waals surface area contributed by atoms with Crippen LogP contribution in [-0.2, 0) is 17.5 Å². The van der Waals surface area contributed by atoms with Gasteiger partial charge in [-0.15, -0.1) is 5.10 Å². The van der Waals surface area contributed by atoms with Crippen molar-refractivity contribution >= 4 is 17.3 Å². The fraction of sp³-hybridized carbons (Fsp3) is 0.333. The van der Waals surface area contributed by atoms with Gasteiger partial charge in [0.05, 0.1) is 24.5 Å². The normalized spacial score (nSPS) is 16.0. The predicted octanol–water partition coefficient (Wildman–Crippen LogP) is 3.32. The number of benzene rings is 1. The Labute approximate surface area is 153 Å². The number of ether oxygens (including phenoxy) is 1. The number of halogens is 3. The van der Waals surface area contributed by atoms with Crippen molar-refractivity contribution in [2.24, 2.45) is 0 Å². The van der Waals surface area contributed by atoms with E-state index in [1.165, 1.54) is 12.1 Å². The molecule has 0 radical (unpaired) electrons. The predicted molar refractivity (Wildman–Crippen MR) is 93.8 cm³/mol. The summed E-state index contributed by atoms with van der Waals surface area (Å²) in [5.41, 5.74) is 1.47. The van der Waals surface area contributed by atoms with Gasteiger partial charge in [-0.05, 0) is 36.4 Å². The van der Waals surface area contributed by atoms with Crippen molar-refractivity contribution in [2.45, 2.75) is 12.7 Å². The Morgan fingerprint density at radius 3 is 2.48 bits per heavy atom. The van der Waals surface area contributed by atoms with Gasteiger partial charge in [-0.3, -0.25) is 4.90 Å². The lowest BCUT2D eigenvalue weighted by Gasteiger charge is -2.26. The van der Waals surface area contributed by atoms with E-state index in [4.69, 9.17) is 4.74 Å². The second kappa shape index (κ2) is 7.16. The summed E-state index contributed by atoms with van der Waals surface area (Å²) in [4.78, 5) is 6.69. The topological polar surface area (TPSA) is 54.7 Å². The van der Waals surface area contributed by atoms with Crippen molar-refractivity contribution in [1.29, 1.82) is 0 Å². The lowest BCUT2D eigenvalue weighted by molar-refractivity contribution is -0.137. The van der Waals surface area contributed by atoms with Crippen LogP contribution in [0.5, 0.6) is 0 Å². The fourth-order valence-corrected chi connectivity index (χ4v) is 2.99. The van der Waals surface area contributed by atoms with Crippen LogP contribution in [0.3, 0.4) is 0 Å². The molecule has 142 valence electrons. The van der Waals surface area contributed by atoms with Gasteiger partial charge in [0.25, 0.3) is 0 Å². The van der Waals surface area contributed by atoms with Crippen LogP contribution in [0.1, 0.15) is 11.3 Å². The summed E-state index contributed by atoms with van der Waals surface area (Å²) in [6, 6.07) is 10.5. The zero-order valence-corrected chi connectivity index (χ0v) is 14.4. The third kappa shape index (κ3) is 4.04. The number of nitrogens with zero attached hydrogens (tertiary/aromatic N) is 4. The summed E-state index contributed by atoms with van der Waals surface area (Å²) in [5.74, 6) is 0.337. The molecule has 0 saturated carbocycles. The van der Waals surface area contributed by atoms with Crippen LogP contribution in [-0.4, -0.2) is 45.8 Å².